The normalized spacial score (nSPS) is 43.2. The van der Waals surface area contributed by atoms with Gasteiger partial charge >= 0.3 is 5.97 Å². The second kappa shape index (κ2) is 22.9. The fourth-order valence-electron chi connectivity index (χ4n) is 8.11. The third kappa shape index (κ3) is 14.2. The molecule has 13 heteroatoms. The first-order valence-electron chi connectivity index (χ1n) is 20.4. The molecule has 3 aliphatic heterocycles. The van der Waals surface area contributed by atoms with Crippen LogP contribution in [0.25, 0.3) is 0 Å². The number of hydrogen-bond acceptors (Lipinski definition) is 13. The Bertz CT molecular complexity index is 1420. The maximum atomic E-state index is 13.7. The molecule has 2 fully saturated rings. The summed E-state index contributed by atoms with van der Waals surface area (Å²) in [6, 6.07) is 0. The fourth-order valence-corrected chi connectivity index (χ4v) is 8.11. The van der Waals surface area contributed by atoms with Crippen molar-refractivity contribution in [3.63, 3.8) is 0 Å². The molecule has 0 radical (unpaired) electrons. The van der Waals surface area contributed by atoms with Gasteiger partial charge < -0.3 is 58.7 Å². The number of allylic oxidation sites excluding steroid dienone is 7. The van der Waals surface area contributed by atoms with Gasteiger partial charge in [-0.1, -0.05) is 67.9 Å². The Kier molecular flexibility index (Phi) is 19.7. The summed E-state index contributed by atoms with van der Waals surface area (Å²) in [5.74, 6) is -3.69. The summed E-state index contributed by atoms with van der Waals surface area (Å²) < 4.78 is 41.1. The highest BCUT2D eigenvalue weighted by atomic mass is 16.7. The number of ether oxygens (including phenoxy) is 7. The fraction of sp³-hybridized carbons (Fsp3) is 0.750. The lowest BCUT2D eigenvalue weighted by molar-refractivity contribution is -0.329. The molecule has 0 amide bonds. The Morgan fingerprint density at radius 3 is 2.28 bits per heavy atom. The summed E-state index contributed by atoms with van der Waals surface area (Å²) in [5, 5.41) is 55.3. The molecule has 0 aliphatic carbocycles. The van der Waals surface area contributed by atoms with Crippen molar-refractivity contribution in [2.75, 3.05) is 27.9 Å². The second-order valence-corrected chi connectivity index (χ2v) is 16.5. The molecule has 3 heterocycles. The number of carbonyl (C=O) groups is 1. The van der Waals surface area contributed by atoms with Crippen molar-refractivity contribution in [1.82, 2.24) is 0 Å². The number of esters is 1. The summed E-state index contributed by atoms with van der Waals surface area (Å²) in [6.07, 6.45) is 5.31. The van der Waals surface area contributed by atoms with E-state index in [1.807, 2.05) is 58.9 Å². The van der Waals surface area contributed by atoms with Crippen molar-refractivity contribution in [2.45, 2.75) is 167 Å². The summed E-state index contributed by atoms with van der Waals surface area (Å²) in [4.78, 5) is 13.7. The number of aliphatic hydroxyl groups excluding tert-OH is 4. The lowest BCUT2D eigenvalue weighted by atomic mass is 9.77. The van der Waals surface area contributed by atoms with Gasteiger partial charge in [-0.25, -0.2) is 4.79 Å². The third-order valence-electron chi connectivity index (χ3n) is 11.6. The van der Waals surface area contributed by atoms with Gasteiger partial charge in [0, 0.05) is 63.9 Å². The average Bonchev–Trinajstić information content (AvgIpc) is 3.14. The highest BCUT2D eigenvalue weighted by Crippen LogP contribution is 2.41. The van der Waals surface area contributed by atoms with Crippen molar-refractivity contribution in [1.29, 1.82) is 0 Å². The van der Waals surface area contributed by atoms with Gasteiger partial charge in [0.25, 0.3) is 0 Å². The molecule has 326 valence electrons. The number of aliphatic hydroxyl groups is 5. The molecular weight excluding hydrogens is 736 g/mol. The van der Waals surface area contributed by atoms with Crippen LogP contribution in [0.1, 0.15) is 93.9 Å². The molecule has 0 spiro atoms. The molecule has 3 rings (SSSR count). The van der Waals surface area contributed by atoms with Gasteiger partial charge in [0.15, 0.2) is 12.1 Å². The minimum absolute atomic E-state index is 0.0855. The van der Waals surface area contributed by atoms with E-state index in [1.54, 1.807) is 34.0 Å². The predicted octanol–water partition coefficient (Wildman–Crippen LogP) is 4.84. The lowest BCUT2D eigenvalue weighted by Gasteiger charge is -2.49. The Balaban J connectivity index is 1.93. The van der Waals surface area contributed by atoms with Gasteiger partial charge in [-0.3, -0.25) is 0 Å². The van der Waals surface area contributed by atoms with Crippen LogP contribution >= 0.6 is 0 Å². The molecule has 2 saturated heterocycles. The number of carbonyl (C=O) groups excluding carboxylic acids is 1. The molecule has 57 heavy (non-hydrogen) atoms. The number of cyclic esters (lactones) is 1. The molecule has 5 N–H and O–H groups in total. The van der Waals surface area contributed by atoms with Crippen LogP contribution in [0.5, 0.6) is 0 Å². The van der Waals surface area contributed by atoms with Crippen molar-refractivity contribution in [2.24, 2.45) is 17.8 Å². The second-order valence-electron chi connectivity index (χ2n) is 16.5. The maximum absolute atomic E-state index is 13.7. The maximum Gasteiger partial charge on any atom is 0.333 e. The standard InChI is InChI=1S/C44H72O13/c1-25-14-12-13-15-34(52-10)22-35(23-44(50)31(7)38(46)30(6)37(57-44)21-33(45)24-51-9)55-42(49)29(5)20-27(3)18-26(2)19-28(4)36(17-16-25)56-43-40(48)39(47)41(53-11)32(8)54-43/h14,16-20,28,30-41,43,45-48,50H,12-13,15,21-24H2,1-11H3/b17-16+,25-14+,26-19+,27-18+,29-20+/t28-,30+,31-,32+,33-,34-,35+,36-,37-,38+,39+,40+,41-,43+,44+/m1/s1. The first kappa shape index (κ1) is 49.1. The molecule has 0 bridgehead atoms. The van der Waals surface area contributed by atoms with Gasteiger partial charge in [0.05, 0.1) is 43.2 Å². The summed E-state index contributed by atoms with van der Waals surface area (Å²) in [5.41, 5.74) is 3.06. The van der Waals surface area contributed by atoms with Crippen LogP contribution in [0.2, 0.25) is 0 Å². The highest BCUT2D eigenvalue weighted by molar-refractivity contribution is 5.88. The van der Waals surface area contributed by atoms with E-state index in [9.17, 15) is 30.3 Å². The number of rotatable bonds is 10. The molecule has 13 nitrogen and oxygen atoms in total. The van der Waals surface area contributed by atoms with Crippen molar-refractivity contribution in [3.05, 3.63) is 58.7 Å². The van der Waals surface area contributed by atoms with Crippen molar-refractivity contribution < 1.29 is 63.5 Å². The Morgan fingerprint density at radius 1 is 0.930 bits per heavy atom. The molecule has 0 aromatic heterocycles. The van der Waals surface area contributed by atoms with Crippen LogP contribution in [0, 0.1) is 17.8 Å². The Hall–Kier alpha value is -2.27. The molecule has 15 atom stereocenters. The van der Waals surface area contributed by atoms with Crippen LogP contribution < -0.4 is 0 Å². The SMILES string of the molecule is COC[C@H](O)C[C@H]1O[C@@](O)(C[C@@H]2C[C@H](OC)CCC/C=C(C)/C=C/[C@@H](O[C@@H]3O[C@@H](C)[C@@H](OC)[C@@H](O)[C@@H]3O)[C@H](C)/C=C(C)/C=C(C)/C=C(\C)C(=O)O2)[C@H](C)[C@@H](O)[C@H]1C. The zero-order chi connectivity index (χ0) is 42.6. The molecule has 0 saturated carbocycles. The number of methoxy groups -OCH3 is 3. The highest BCUT2D eigenvalue weighted by Gasteiger charge is 2.51. The van der Waals surface area contributed by atoms with Gasteiger partial charge in [0.2, 0.25) is 0 Å². The van der Waals surface area contributed by atoms with Gasteiger partial charge in [0.1, 0.15) is 24.4 Å². The van der Waals surface area contributed by atoms with Crippen molar-refractivity contribution >= 4 is 5.97 Å². The Labute approximate surface area is 340 Å². The van der Waals surface area contributed by atoms with Gasteiger partial charge in [-0.15, -0.1) is 0 Å². The van der Waals surface area contributed by atoms with E-state index in [4.69, 9.17) is 33.2 Å². The predicted molar refractivity (Wildman–Crippen MR) is 216 cm³/mol. The minimum atomic E-state index is -1.86. The first-order chi connectivity index (χ1) is 26.8. The largest absolute Gasteiger partial charge is 0.459 e. The summed E-state index contributed by atoms with van der Waals surface area (Å²) >= 11 is 0. The van der Waals surface area contributed by atoms with E-state index in [2.05, 4.69) is 6.08 Å². The zero-order valence-corrected chi connectivity index (χ0v) is 36.0. The average molecular weight is 809 g/mol. The van der Waals surface area contributed by atoms with E-state index < -0.39 is 78.9 Å². The lowest BCUT2D eigenvalue weighted by Crippen LogP contribution is -2.59. The molecule has 0 unspecified atom stereocenters. The minimum Gasteiger partial charge on any atom is -0.459 e. The van der Waals surface area contributed by atoms with Crippen LogP contribution in [-0.2, 0) is 38.0 Å². The smallest absolute Gasteiger partial charge is 0.333 e. The van der Waals surface area contributed by atoms with E-state index in [0.29, 0.717) is 12.0 Å². The third-order valence-corrected chi connectivity index (χ3v) is 11.6. The van der Waals surface area contributed by atoms with Crippen molar-refractivity contribution in [3.8, 4) is 0 Å². The van der Waals surface area contributed by atoms with Gasteiger partial charge in [-0.2, -0.15) is 0 Å². The quantitative estimate of drug-likeness (QED) is 0.189. The summed E-state index contributed by atoms with van der Waals surface area (Å²) in [7, 11) is 4.56. The van der Waals surface area contributed by atoms with E-state index in [-0.39, 0.29) is 43.8 Å². The summed E-state index contributed by atoms with van der Waals surface area (Å²) in [6.45, 7) is 14.9. The first-order valence-corrected chi connectivity index (χ1v) is 20.4. The molecule has 3 aliphatic rings. The van der Waals surface area contributed by atoms with Crippen LogP contribution in [0.15, 0.2) is 58.7 Å². The van der Waals surface area contributed by atoms with Gasteiger partial charge in [-0.05, 0) is 60.0 Å². The molecular formula is C44H72O13. The van der Waals surface area contributed by atoms with E-state index in [1.165, 1.54) is 14.2 Å². The van der Waals surface area contributed by atoms with E-state index in [0.717, 1.165) is 29.6 Å². The zero-order valence-electron chi connectivity index (χ0n) is 36.0. The monoisotopic (exact) mass is 808 g/mol. The Morgan fingerprint density at radius 2 is 1.63 bits per heavy atom. The molecule has 0 aromatic rings. The topological polar surface area (TPSA) is 183 Å². The van der Waals surface area contributed by atoms with E-state index >= 15 is 0 Å². The van der Waals surface area contributed by atoms with Crippen LogP contribution in [0.3, 0.4) is 0 Å². The number of hydrogen-bond donors (Lipinski definition) is 5. The molecule has 0 aromatic carbocycles. The van der Waals surface area contributed by atoms with Crippen LogP contribution in [-0.4, -0.2) is 133 Å². The van der Waals surface area contributed by atoms with Crippen LogP contribution in [0.4, 0.5) is 0 Å².